The van der Waals surface area contributed by atoms with Crippen LogP contribution in [0.15, 0.2) is 22.8 Å². The second-order valence-corrected chi connectivity index (χ2v) is 5.23. The van der Waals surface area contributed by atoms with Crippen LogP contribution in [0.1, 0.15) is 25.0 Å². The smallest absolute Gasteiger partial charge is 0.303 e. The average molecular weight is 266 g/mol. The molecule has 1 saturated heterocycles. The molecule has 1 N–H and O–H groups in total. The van der Waals surface area contributed by atoms with Crippen LogP contribution in [0.5, 0.6) is 0 Å². The first kappa shape index (κ1) is 14.1. The largest absolute Gasteiger partial charge is 0.481 e. The van der Waals surface area contributed by atoms with Crippen molar-refractivity contribution in [3.05, 3.63) is 24.2 Å². The number of aliphatic carboxylic acids is 1. The molecule has 2 heterocycles. The molecular weight excluding hydrogens is 244 g/mol. The molecule has 0 saturated carbocycles. The Hall–Kier alpha value is -1.33. The van der Waals surface area contributed by atoms with E-state index in [4.69, 9.17) is 9.52 Å². The first-order chi connectivity index (χ1) is 9.15. The predicted octanol–water partition coefficient (Wildman–Crippen LogP) is 1.65. The molecule has 0 radical (unpaired) electrons. The molecule has 1 aromatic heterocycles. The Morgan fingerprint density at radius 1 is 1.53 bits per heavy atom. The summed E-state index contributed by atoms with van der Waals surface area (Å²) in [6.07, 6.45) is 3.76. The number of hydrogen-bond donors (Lipinski definition) is 1. The highest BCUT2D eigenvalue weighted by Gasteiger charge is 2.23. The van der Waals surface area contributed by atoms with Crippen LogP contribution in [0, 0.1) is 0 Å². The molecule has 1 aliphatic heterocycles. The molecule has 0 aliphatic carbocycles. The van der Waals surface area contributed by atoms with Crippen LogP contribution in [0.3, 0.4) is 0 Å². The van der Waals surface area contributed by atoms with Gasteiger partial charge in [-0.2, -0.15) is 0 Å². The zero-order valence-electron chi connectivity index (χ0n) is 11.4. The average Bonchev–Trinajstić information content (AvgIpc) is 2.79. The van der Waals surface area contributed by atoms with Crippen molar-refractivity contribution in [1.29, 1.82) is 0 Å². The lowest BCUT2D eigenvalue weighted by Crippen LogP contribution is -2.39. The summed E-state index contributed by atoms with van der Waals surface area (Å²) in [5, 5.41) is 8.83. The Balaban J connectivity index is 1.91. The first-order valence-electron chi connectivity index (χ1n) is 6.82. The van der Waals surface area contributed by atoms with Gasteiger partial charge in [0.15, 0.2) is 0 Å². The van der Waals surface area contributed by atoms with Crippen LogP contribution in [-0.4, -0.2) is 53.6 Å². The highest BCUT2D eigenvalue weighted by atomic mass is 16.4. The molecule has 5 nitrogen and oxygen atoms in total. The number of hydrogen-bond acceptors (Lipinski definition) is 4. The highest BCUT2D eigenvalue weighted by Crippen LogP contribution is 2.15. The van der Waals surface area contributed by atoms with E-state index in [9.17, 15) is 4.79 Å². The number of rotatable bonds is 5. The van der Waals surface area contributed by atoms with Gasteiger partial charge in [0.05, 0.1) is 12.8 Å². The molecule has 0 bridgehead atoms. The zero-order valence-corrected chi connectivity index (χ0v) is 11.4. The fourth-order valence-corrected chi connectivity index (χ4v) is 2.62. The molecule has 1 fully saturated rings. The summed E-state index contributed by atoms with van der Waals surface area (Å²) in [4.78, 5) is 15.4. The van der Waals surface area contributed by atoms with Crippen molar-refractivity contribution in [2.75, 3.05) is 26.7 Å². The number of likely N-dealkylation sites (N-methyl/N-ethyl adjacent to an activating group) is 1. The summed E-state index contributed by atoms with van der Waals surface area (Å²) in [6.45, 7) is 3.78. The van der Waals surface area contributed by atoms with E-state index in [2.05, 4.69) is 16.8 Å². The Morgan fingerprint density at radius 2 is 2.37 bits per heavy atom. The third kappa shape index (κ3) is 4.36. The molecule has 19 heavy (non-hydrogen) atoms. The van der Waals surface area contributed by atoms with E-state index in [-0.39, 0.29) is 6.42 Å². The van der Waals surface area contributed by atoms with Gasteiger partial charge >= 0.3 is 5.97 Å². The third-order valence-electron chi connectivity index (χ3n) is 3.73. The Bertz CT molecular complexity index is 391. The van der Waals surface area contributed by atoms with E-state index >= 15 is 0 Å². The van der Waals surface area contributed by atoms with Gasteiger partial charge in [-0.1, -0.05) is 0 Å². The van der Waals surface area contributed by atoms with E-state index in [0.29, 0.717) is 12.5 Å². The fourth-order valence-electron chi connectivity index (χ4n) is 2.62. The maximum absolute atomic E-state index is 10.7. The lowest BCUT2D eigenvalue weighted by Gasteiger charge is -2.28. The maximum atomic E-state index is 10.7. The van der Waals surface area contributed by atoms with Crippen molar-refractivity contribution in [1.82, 2.24) is 9.80 Å². The SMILES string of the molecule is CN1CCCN(Cc2ccco2)CC1CCC(=O)O. The van der Waals surface area contributed by atoms with Gasteiger partial charge in [-0.05, 0) is 45.1 Å². The number of carboxylic acid groups (broad SMARTS) is 1. The van der Waals surface area contributed by atoms with Crippen molar-refractivity contribution < 1.29 is 14.3 Å². The number of carboxylic acids is 1. The van der Waals surface area contributed by atoms with Crippen LogP contribution in [0.2, 0.25) is 0 Å². The van der Waals surface area contributed by atoms with Crippen LogP contribution in [0.4, 0.5) is 0 Å². The number of furan rings is 1. The summed E-state index contributed by atoms with van der Waals surface area (Å²) in [6, 6.07) is 4.20. The molecule has 106 valence electrons. The number of nitrogens with zero attached hydrogens (tertiary/aromatic N) is 2. The first-order valence-corrected chi connectivity index (χ1v) is 6.82. The molecule has 0 spiro atoms. The molecular formula is C14H22N2O3. The van der Waals surface area contributed by atoms with E-state index in [1.807, 2.05) is 12.1 Å². The van der Waals surface area contributed by atoms with Crippen LogP contribution < -0.4 is 0 Å². The maximum Gasteiger partial charge on any atom is 0.303 e. The normalized spacial score (nSPS) is 22.3. The van der Waals surface area contributed by atoms with E-state index in [0.717, 1.165) is 38.4 Å². The minimum atomic E-state index is -0.713. The summed E-state index contributed by atoms with van der Waals surface area (Å²) in [5.41, 5.74) is 0. The summed E-state index contributed by atoms with van der Waals surface area (Å²) in [5.74, 6) is 0.261. The van der Waals surface area contributed by atoms with E-state index in [1.54, 1.807) is 6.26 Å². The highest BCUT2D eigenvalue weighted by molar-refractivity contribution is 5.66. The minimum Gasteiger partial charge on any atom is -0.481 e. The zero-order chi connectivity index (χ0) is 13.7. The molecule has 1 aliphatic rings. The van der Waals surface area contributed by atoms with Gasteiger partial charge in [-0.3, -0.25) is 9.69 Å². The molecule has 1 atom stereocenters. The van der Waals surface area contributed by atoms with Crippen molar-refractivity contribution in [2.24, 2.45) is 0 Å². The van der Waals surface area contributed by atoms with Crippen molar-refractivity contribution in [2.45, 2.75) is 31.8 Å². The van der Waals surface area contributed by atoms with Crippen LogP contribution in [-0.2, 0) is 11.3 Å². The molecule has 0 aromatic carbocycles. The number of carbonyl (C=O) groups is 1. The van der Waals surface area contributed by atoms with Gasteiger partial charge in [0, 0.05) is 19.0 Å². The topological polar surface area (TPSA) is 56.9 Å². The van der Waals surface area contributed by atoms with E-state index in [1.165, 1.54) is 0 Å². The van der Waals surface area contributed by atoms with Gasteiger partial charge in [-0.25, -0.2) is 0 Å². The van der Waals surface area contributed by atoms with Gasteiger partial charge in [0.25, 0.3) is 0 Å². The Morgan fingerprint density at radius 3 is 3.05 bits per heavy atom. The van der Waals surface area contributed by atoms with E-state index < -0.39 is 5.97 Å². The predicted molar refractivity (Wildman–Crippen MR) is 71.9 cm³/mol. The Kier molecular flexibility index (Phi) is 4.99. The molecule has 0 amide bonds. The second kappa shape index (κ2) is 6.73. The summed E-state index contributed by atoms with van der Waals surface area (Å²) in [7, 11) is 2.09. The van der Waals surface area contributed by atoms with Crippen molar-refractivity contribution in [3.63, 3.8) is 0 Å². The van der Waals surface area contributed by atoms with Crippen LogP contribution in [0.25, 0.3) is 0 Å². The quantitative estimate of drug-likeness (QED) is 0.878. The molecule has 5 heteroatoms. The minimum absolute atomic E-state index is 0.240. The van der Waals surface area contributed by atoms with Crippen LogP contribution >= 0.6 is 0 Å². The standard InChI is InChI=1S/C14H22N2O3/c1-15-7-3-8-16(11-13-4-2-9-19-13)10-12(15)5-6-14(17)18/h2,4,9,12H,3,5-8,10-11H2,1H3,(H,17,18). The lowest BCUT2D eigenvalue weighted by molar-refractivity contribution is -0.137. The van der Waals surface area contributed by atoms with Gasteiger partial charge in [0.1, 0.15) is 5.76 Å². The monoisotopic (exact) mass is 266 g/mol. The third-order valence-corrected chi connectivity index (χ3v) is 3.73. The van der Waals surface area contributed by atoms with Crippen molar-refractivity contribution >= 4 is 5.97 Å². The van der Waals surface area contributed by atoms with Gasteiger partial charge in [0.2, 0.25) is 0 Å². The molecule has 2 rings (SSSR count). The fraction of sp³-hybridized carbons (Fsp3) is 0.643. The summed E-state index contributed by atoms with van der Waals surface area (Å²) >= 11 is 0. The summed E-state index contributed by atoms with van der Waals surface area (Å²) < 4.78 is 5.39. The molecule has 1 aromatic rings. The lowest BCUT2D eigenvalue weighted by atomic mass is 10.1. The molecule has 1 unspecified atom stereocenters. The Labute approximate surface area is 113 Å². The van der Waals surface area contributed by atoms with Gasteiger partial charge < -0.3 is 14.4 Å². The van der Waals surface area contributed by atoms with Gasteiger partial charge in [-0.15, -0.1) is 0 Å². The van der Waals surface area contributed by atoms with Crippen molar-refractivity contribution in [3.8, 4) is 0 Å². The second-order valence-electron chi connectivity index (χ2n) is 5.23.